The Morgan fingerprint density at radius 2 is 1.83 bits per heavy atom. The second kappa shape index (κ2) is 8.18. The summed E-state index contributed by atoms with van der Waals surface area (Å²) in [5.41, 5.74) is 1.16. The molecule has 2 heterocycles. The van der Waals surface area contributed by atoms with Crippen LogP contribution in [0.15, 0.2) is 65.6 Å². The molecule has 1 aliphatic rings. The minimum Gasteiger partial charge on any atom is -0.453 e. The van der Waals surface area contributed by atoms with E-state index in [1.54, 1.807) is 37.4 Å². The number of hydrogen-bond acceptors (Lipinski definition) is 5. The fourth-order valence-electron chi connectivity index (χ4n) is 3.31. The third-order valence-electron chi connectivity index (χ3n) is 4.85. The van der Waals surface area contributed by atoms with Gasteiger partial charge < -0.3 is 15.0 Å². The Balaban J connectivity index is 1.63. The molecule has 1 N–H and O–H groups in total. The van der Waals surface area contributed by atoms with Crippen LogP contribution in [0, 0.1) is 0 Å². The Hall–Kier alpha value is -3.61. The monoisotopic (exact) mass is 390 g/mol. The van der Waals surface area contributed by atoms with Gasteiger partial charge in [0.25, 0.3) is 11.5 Å². The predicted molar refractivity (Wildman–Crippen MR) is 111 cm³/mol. The molecule has 1 aliphatic heterocycles. The van der Waals surface area contributed by atoms with Crippen LogP contribution in [-0.4, -0.2) is 33.7 Å². The van der Waals surface area contributed by atoms with Gasteiger partial charge in [-0.05, 0) is 43.2 Å². The lowest BCUT2D eigenvalue weighted by atomic mass is 10.1. The van der Waals surface area contributed by atoms with Crippen molar-refractivity contribution >= 4 is 17.3 Å². The summed E-state index contributed by atoms with van der Waals surface area (Å²) >= 11 is 0. The molecule has 0 aliphatic carbocycles. The van der Waals surface area contributed by atoms with E-state index in [1.165, 1.54) is 10.9 Å². The highest BCUT2D eigenvalue weighted by Crippen LogP contribution is 2.28. The van der Waals surface area contributed by atoms with E-state index in [9.17, 15) is 9.59 Å². The van der Waals surface area contributed by atoms with Gasteiger partial charge in [0.1, 0.15) is 5.75 Å². The number of benzene rings is 2. The zero-order chi connectivity index (χ0) is 20.2. The van der Waals surface area contributed by atoms with Crippen molar-refractivity contribution in [1.82, 2.24) is 14.7 Å². The van der Waals surface area contributed by atoms with E-state index in [2.05, 4.69) is 10.4 Å². The summed E-state index contributed by atoms with van der Waals surface area (Å²) in [4.78, 5) is 27.2. The first-order valence-corrected chi connectivity index (χ1v) is 9.57. The quantitative estimate of drug-likeness (QED) is 0.721. The van der Waals surface area contributed by atoms with Gasteiger partial charge in [0.2, 0.25) is 0 Å². The molecule has 0 bridgehead atoms. The maximum Gasteiger partial charge on any atom is 0.294 e. The molecule has 0 spiro atoms. The van der Waals surface area contributed by atoms with Crippen LogP contribution < -0.4 is 15.6 Å². The van der Waals surface area contributed by atoms with E-state index in [0.29, 0.717) is 22.7 Å². The Bertz CT molecular complexity index is 1070. The van der Waals surface area contributed by atoms with Gasteiger partial charge in [0.05, 0.1) is 6.20 Å². The Kier molecular flexibility index (Phi) is 5.29. The molecular formula is C22H22N4O3. The van der Waals surface area contributed by atoms with Crippen LogP contribution in [0.1, 0.15) is 23.2 Å². The van der Waals surface area contributed by atoms with E-state index in [4.69, 9.17) is 4.74 Å². The van der Waals surface area contributed by atoms with Crippen molar-refractivity contribution in [3.63, 3.8) is 0 Å². The smallest absolute Gasteiger partial charge is 0.294 e. The highest BCUT2D eigenvalue weighted by molar-refractivity contribution is 5.95. The van der Waals surface area contributed by atoms with Crippen LogP contribution in [0.3, 0.4) is 0 Å². The molecule has 0 atom stereocenters. The molecule has 7 nitrogen and oxygen atoms in total. The van der Waals surface area contributed by atoms with Crippen LogP contribution in [0.2, 0.25) is 0 Å². The second-order valence-electron chi connectivity index (χ2n) is 6.93. The van der Waals surface area contributed by atoms with Gasteiger partial charge in [-0.15, -0.1) is 0 Å². The number of aryl methyl sites for hydroxylation is 1. The molecule has 1 aromatic heterocycles. The number of amides is 1. The molecule has 1 fully saturated rings. The second-order valence-corrected chi connectivity index (χ2v) is 6.93. The molecule has 0 saturated carbocycles. The number of nitrogens with zero attached hydrogens (tertiary/aromatic N) is 3. The molecule has 7 heteroatoms. The normalized spacial score (nSPS) is 13.3. The van der Waals surface area contributed by atoms with Crippen molar-refractivity contribution < 1.29 is 9.53 Å². The fraction of sp³-hybridized carbons (Fsp3) is 0.227. The van der Waals surface area contributed by atoms with Crippen molar-refractivity contribution in [2.45, 2.75) is 12.8 Å². The number of hydrogen-bond donors (Lipinski definition) is 1. The average molecular weight is 390 g/mol. The predicted octanol–water partition coefficient (Wildman–Crippen LogP) is 3.55. The van der Waals surface area contributed by atoms with E-state index in [1.807, 2.05) is 29.2 Å². The van der Waals surface area contributed by atoms with Crippen molar-refractivity contribution in [3.8, 4) is 11.5 Å². The summed E-state index contributed by atoms with van der Waals surface area (Å²) in [5, 5.41) is 7.17. The maximum absolute atomic E-state index is 12.7. The van der Waals surface area contributed by atoms with Crippen LogP contribution in [0.4, 0.5) is 11.4 Å². The number of carbonyl (C=O) groups excluding carboxylic acids is 1. The highest BCUT2D eigenvalue weighted by atomic mass is 16.5. The molecule has 3 aromatic rings. The van der Waals surface area contributed by atoms with Crippen LogP contribution in [0.25, 0.3) is 0 Å². The molecule has 1 saturated heterocycles. The van der Waals surface area contributed by atoms with Gasteiger partial charge in [-0.1, -0.05) is 24.3 Å². The van der Waals surface area contributed by atoms with Crippen molar-refractivity contribution in [1.29, 1.82) is 0 Å². The molecule has 2 aromatic carbocycles. The molecule has 4 rings (SSSR count). The Morgan fingerprint density at radius 3 is 2.59 bits per heavy atom. The first-order valence-electron chi connectivity index (χ1n) is 9.57. The standard InChI is InChI=1S/C22H22N4O3/c1-25-22(28)20(19(15-23-25)29-18-10-3-2-4-11-18)24-17-9-7-8-16(14-17)21(27)26-12-5-6-13-26/h2-4,7-11,14-15,24H,5-6,12-13H2,1H3. The fourth-order valence-corrected chi connectivity index (χ4v) is 3.31. The number of ether oxygens (including phenoxy) is 1. The molecule has 0 unspecified atom stereocenters. The van der Waals surface area contributed by atoms with Crippen molar-refractivity contribution in [2.24, 2.45) is 7.05 Å². The van der Waals surface area contributed by atoms with Crippen molar-refractivity contribution in [3.05, 3.63) is 76.7 Å². The number of aromatic nitrogens is 2. The minimum atomic E-state index is -0.324. The number of carbonyl (C=O) groups is 1. The number of likely N-dealkylation sites (tertiary alicyclic amines) is 1. The van der Waals surface area contributed by atoms with Crippen LogP contribution in [-0.2, 0) is 7.05 Å². The first kappa shape index (κ1) is 18.7. The van der Waals surface area contributed by atoms with E-state index in [-0.39, 0.29) is 17.2 Å². The third kappa shape index (κ3) is 4.13. The lowest BCUT2D eigenvalue weighted by Gasteiger charge is -2.16. The van der Waals surface area contributed by atoms with Crippen LogP contribution in [0.5, 0.6) is 11.5 Å². The van der Waals surface area contributed by atoms with Gasteiger partial charge in [-0.2, -0.15) is 5.10 Å². The summed E-state index contributed by atoms with van der Waals surface area (Å²) in [5.74, 6) is 0.925. The van der Waals surface area contributed by atoms with Gasteiger partial charge in [-0.3, -0.25) is 9.59 Å². The number of para-hydroxylation sites is 1. The summed E-state index contributed by atoms with van der Waals surface area (Å²) < 4.78 is 7.10. The molecule has 148 valence electrons. The van der Waals surface area contributed by atoms with Gasteiger partial charge in [-0.25, -0.2) is 4.68 Å². The summed E-state index contributed by atoms with van der Waals surface area (Å²) in [6.07, 6.45) is 3.57. The largest absolute Gasteiger partial charge is 0.453 e. The van der Waals surface area contributed by atoms with E-state index < -0.39 is 0 Å². The molecule has 1 amide bonds. The summed E-state index contributed by atoms with van der Waals surface area (Å²) in [6, 6.07) is 16.4. The highest BCUT2D eigenvalue weighted by Gasteiger charge is 2.20. The zero-order valence-corrected chi connectivity index (χ0v) is 16.2. The van der Waals surface area contributed by atoms with E-state index in [0.717, 1.165) is 25.9 Å². The molecular weight excluding hydrogens is 368 g/mol. The topological polar surface area (TPSA) is 76.5 Å². The molecule has 0 radical (unpaired) electrons. The minimum absolute atomic E-state index is 0.00883. The van der Waals surface area contributed by atoms with E-state index >= 15 is 0 Å². The maximum atomic E-state index is 12.7. The summed E-state index contributed by atoms with van der Waals surface area (Å²) in [7, 11) is 1.58. The van der Waals surface area contributed by atoms with Crippen molar-refractivity contribution in [2.75, 3.05) is 18.4 Å². The number of rotatable bonds is 5. The average Bonchev–Trinajstić information content (AvgIpc) is 3.29. The number of anilines is 2. The van der Waals surface area contributed by atoms with Gasteiger partial charge in [0.15, 0.2) is 11.4 Å². The lowest BCUT2D eigenvalue weighted by molar-refractivity contribution is 0.0793. The van der Waals surface area contributed by atoms with Gasteiger partial charge >= 0.3 is 0 Å². The first-order chi connectivity index (χ1) is 14.1. The zero-order valence-electron chi connectivity index (χ0n) is 16.2. The lowest BCUT2D eigenvalue weighted by Crippen LogP contribution is -2.27. The summed E-state index contributed by atoms with van der Waals surface area (Å²) in [6.45, 7) is 1.58. The third-order valence-corrected chi connectivity index (χ3v) is 4.85. The number of nitrogens with one attached hydrogen (secondary N) is 1. The molecule has 29 heavy (non-hydrogen) atoms. The van der Waals surface area contributed by atoms with Crippen LogP contribution >= 0.6 is 0 Å². The SMILES string of the molecule is Cn1ncc(Oc2ccccc2)c(Nc2cccc(C(=O)N3CCCC3)c2)c1=O. The van der Waals surface area contributed by atoms with Gasteiger partial charge in [0, 0.05) is 31.4 Å². The Labute approximate surface area is 168 Å². The Morgan fingerprint density at radius 1 is 1.07 bits per heavy atom.